The number of benzene rings is 1. The normalized spacial score (nSPS) is 13.4. The smallest absolute Gasteiger partial charge is 0.341 e. The number of methoxy groups -OCH3 is 1. The highest BCUT2D eigenvalue weighted by Crippen LogP contribution is 2.30. The second-order valence-corrected chi connectivity index (χ2v) is 6.87. The van der Waals surface area contributed by atoms with Crippen LogP contribution in [0.1, 0.15) is 56.3 Å². The van der Waals surface area contributed by atoms with Crippen LogP contribution in [-0.2, 0) is 24.1 Å². The fraction of sp³-hybridized carbons (Fsp3) is 0.333. The monoisotopic (exact) mass is 366 g/mol. The second kappa shape index (κ2) is 6.95. The highest BCUT2D eigenvalue weighted by molar-refractivity contribution is 6.06. The van der Waals surface area contributed by atoms with Gasteiger partial charge in [0.1, 0.15) is 17.1 Å². The maximum atomic E-state index is 12.8. The molecule has 0 spiro atoms. The Hall–Kier alpha value is -3.02. The minimum absolute atomic E-state index is 0.173. The molecule has 0 radical (unpaired) electrons. The van der Waals surface area contributed by atoms with Crippen LogP contribution in [0.25, 0.3) is 10.9 Å². The summed E-state index contributed by atoms with van der Waals surface area (Å²) in [5.41, 5.74) is 4.49. The molecule has 1 amide bonds. The fourth-order valence-electron chi connectivity index (χ4n) is 3.83. The van der Waals surface area contributed by atoms with E-state index in [-0.39, 0.29) is 12.5 Å². The lowest BCUT2D eigenvalue weighted by Crippen LogP contribution is -2.22. The Kier molecular flexibility index (Phi) is 4.48. The summed E-state index contributed by atoms with van der Waals surface area (Å²) in [4.78, 5) is 27.9. The number of aryl methyl sites for hydroxylation is 3. The SMILES string of the molecule is COC(=O)c1cc(CNC(=O)c2cccc3c4c([nH]c23)CCCC4)oc1C. The summed E-state index contributed by atoms with van der Waals surface area (Å²) >= 11 is 0. The van der Waals surface area contributed by atoms with Gasteiger partial charge in [0.2, 0.25) is 0 Å². The van der Waals surface area contributed by atoms with Crippen LogP contribution in [0.15, 0.2) is 28.7 Å². The van der Waals surface area contributed by atoms with E-state index in [2.05, 4.69) is 16.4 Å². The number of carbonyl (C=O) groups excluding carboxylic acids is 2. The Labute approximate surface area is 156 Å². The quantitative estimate of drug-likeness (QED) is 0.690. The summed E-state index contributed by atoms with van der Waals surface area (Å²) in [5.74, 6) is 0.368. The van der Waals surface area contributed by atoms with Crippen LogP contribution in [-0.4, -0.2) is 24.0 Å². The third-order valence-corrected chi connectivity index (χ3v) is 5.18. The molecule has 0 fully saturated rings. The van der Waals surface area contributed by atoms with Gasteiger partial charge in [-0.2, -0.15) is 0 Å². The highest BCUT2D eigenvalue weighted by atomic mass is 16.5. The topological polar surface area (TPSA) is 84.3 Å². The van der Waals surface area contributed by atoms with Crippen molar-refractivity contribution in [2.24, 2.45) is 0 Å². The number of esters is 1. The number of carbonyl (C=O) groups is 2. The van der Waals surface area contributed by atoms with E-state index in [0.29, 0.717) is 22.6 Å². The lowest BCUT2D eigenvalue weighted by molar-refractivity contribution is 0.0598. The van der Waals surface area contributed by atoms with Crippen molar-refractivity contribution in [3.8, 4) is 0 Å². The molecule has 0 unspecified atom stereocenters. The number of nitrogens with one attached hydrogen (secondary N) is 2. The molecule has 0 aliphatic heterocycles. The first-order valence-electron chi connectivity index (χ1n) is 9.16. The number of furan rings is 1. The number of para-hydroxylation sites is 1. The Morgan fingerprint density at radius 2 is 2.04 bits per heavy atom. The van der Waals surface area contributed by atoms with Crippen LogP contribution >= 0.6 is 0 Å². The Morgan fingerprint density at radius 3 is 2.85 bits per heavy atom. The van der Waals surface area contributed by atoms with Gasteiger partial charge in [-0.25, -0.2) is 4.79 Å². The van der Waals surface area contributed by atoms with Crippen molar-refractivity contribution in [1.82, 2.24) is 10.3 Å². The molecule has 4 rings (SSSR count). The van der Waals surface area contributed by atoms with E-state index in [1.54, 1.807) is 13.0 Å². The molecule has 27 heavy (non-hydrogen) atoms. The lowest BCUT2D eigenvalue weighted by Gasteiger charge is -2.10. The number of aromatic amines is 1. The lowest BCUT2D eigenvalue weighted by atomic mass is 9.95. The highest BCUT2D eigenvalue weighted by Gasteiger charge is 2.20. The number of amides is 1. The number of fused-ring (bicyclic) bond motifs is 3. The van der Waals surface area contributed by atoms with Crippen molar-refractivity contribution in [3.05, 3.63) is 58.2 Å². The molecule has 0 saturated heterocycles. The molecule has 0 atom stereocenters. The van der Waals surface area contributed by atoms with E-state index in [4.69, 9.17) is 9.15 Å². The van der Waals surface area contributed by atoms with Crippen LogP contribution in [0.4, 0.5) is 0 Å². The summed E-state index contributed by atoms with van der Waals surface area (Å²) in [7, 11) is 1.33. The van der Waals surface area contributed by atoms with Gasteiger partial charge < -0.3 is 19.5 Å². The molecular weight excluding hydrogens is 344 g/mol. The largest absolute Gasteiger partial charge is 0.465 e. The third kappa shape index (κ3) is 3.12. The first kappa shape index (κ1) is 17.4. The average molecular weight is 366 g/mol. The molecule has 1 aromatic carbocycles. The van der Waals surface area contributed by atoms with Crippen LogP contribution in [0.3, 0.4) is 0 Å². The van der Waals surface area contributed by atoms with Crippen molar-refractivity contribution in [2.45, 2.75) is 39.2 Å². The predicted octanol–water partition coefficient (Wildman–Crippen LogP) is 3.66. The molecular formula is C21H22N2O4. The van der Waals surface area contributed by atoms with Gasteiger partial charge in [-0.15, -0.1) is 0 Å². The van der Waals surface area contributed by atoms with E-state index in [1.807, 2.05) is 12.1 Å². The first-order valence-corrected chi connectivity index (χ1v) is 9.16. The van der Waals surface area contributed by atoms with E-state index < -0.39 is 5.97 Å². The van der Waals surface area contributed by atoms with Gasteiger partial charge in [0.25, 0.3) is 5.91 Å². The van der Waals surface area contributed by atoms with Gasteiger partial charge in [0.05, 0.1) is 24.7 Å². The number of hydrogen-bond donors (Lipinski definition) is 2. The number of aromatic nitrogens is 1. The summed E-state index contributed by atoms with van der Waals surface area (Å²) in [6.07, 6.45) is 4.47. The minimum atomic E-state index is -0.449. The Morgan fingerprint density at radius 1 is 1.22 bits per heavy atom. The van der Waals surface area contributed by atoms with Gasteiger partial charge in [0.15, 0.2) is 0 Å². The van der Waals surface area contributed by atoms with E-state index in [0.717, 1.165) is 23.7 Å². The van der Waals surface area contributed by atoms with Crippen LogP contribution < -0.4 is 5.32 Å². The van der Waals surface area contributed by atoms with Crippen LogP contribution in [0.5, 0.6) is 0 Å². The summed E-state index contributed by atoms with van der Waals surface area (Å²) in [5, 5.41) is 4.02. The number of rotatable bonds is 4. The molecule has 1 aliphatic carbocycles. The average Bonchev–Trinajstić information content (AvgIpc) is 3.25. The predicted molar refractivity (Wildman–Crippen MR) is 101 cm³/mol. The molecule has 6 nitrogen and oxygen atoms in total. The van der Waals surface area contributed by atoms with Gasteiger partial charge in [0, 0.05) is 11.1 Å². The zero-order chi connectivity index (χ0) is 19.0. The van der Waals surface area contributed by atoms with Gasteiger partial charge in [-0.3, -0.25) is 4.79 Å². The second-order valence-electron chi connectivity index (χ2n) is 6.87. The van der Waals surface area contributed by atoms with E-state index in [1.165, 1.54) is 31.2 Å². The van der Waals surface area contributed by atoms with Crippen molar-refractivity contribution in [3.63, 3.8) is 0 Å². The molecule has 2 heterocycles. The number of ether oxygens (including phenoxy) is 1. The zero-order valence-electron chi connectivity index (χ0n) is 15.5. The van der Waals surface area contributed by atoms with Crippen LogP contribution in [0.2, 0.25) is 0 Å². The van der Waals surface area contributed by atoms with Crippen molar-refractivity contribution in [1.29, 1.82) is 0 Å². The van der Waals surface area contributed by atoms with E-state index in [9.17, 15) is 9.59 Å². The van der Waals surface area contributed by atoms with Crippen molar-refractivity contribution >= 4 is 22.8 Å². The first-order chi connectivity index (χ1) is 13.1. The fourth-order valence-corrected chi connectivity index (χ4v) is 3.83. The molecule has 3 aromatic rings. The maximum Gasteiger partial charge on any atom is 0.341 e. The van der Waals surface area contributed by atoms with Gasteiger partial charge in [-0.05, 0) is 50.3 Å². The molecule has 0 saturated carbocycles. The van der Waals surface area contributed by atoms with Gasteiger partial charge >= 0.3 is 5.97 Å². The maximum absolute atomic E-state index is 12.8. The molecule has 0 bridgehead atoms. The minimum Gasteiger partial charge on any atom is -0.465 e. The van der Waals surface area contributed by atoms with Crippen LogP contribution in [0, 0.1) is 6.92 Å². The third-order valence-electron chi connectivity index (χ3n) is 5.18. The standard InChI is InChI=1S/C21H22N2O4/c1-12-17(21(25)26-2)10-13(27-12)11-22-20(24)16-8-5-7-15-14-6-3-4-9-18(14)23-19(15)16/h5,7-8,10,23H,3-4,6,9,11H2,1-2H3,(H,22,24). The molecule has 140 valence electrons. The zero-order valence-corrected chi connectivity index (χ0v) is 15.5. The number of hydrogen-bond acceptors (Lipinski definition) is 4. The van der Waals surface area contributed by atoms with E-state index >= 15 is 0 Å². The molecule has 2 aromatic heterocycles. The molecule has 1 aliphatic rings. The summed E-state index contributed by atoms with van der Waals surface area (Å²) in [6, 6.07) is 7.43. The van der Waals surface area contributed by atoms with Crippen molar-refractivity contribution < 1.29 is 18.7 Å². The summed E-state index contributed by atoms with van der Waals surface area (Å²) in [6.45, 7) is 1.90. The van der Waals surface area contributed by atoms with Gasteiger partial charge in [-0.1, -0.05) is 12.1 Å². The summed E-state index contributed by atoms with van der Waals surface area (Å²) < 4.78 is 10.3. The Bertz CT molecular complexity index is 1030. The molecule has 2 N–H and O–H groups in total. The van der Waals surface area contributed by atoms with Crippen molar-refractivity contribution in [2.75, 3.05) is 7.11 Å². The number of H-pyrrole nitrogens is 1. The molecule has 6 heteroatoms. The Balaban J connectivity index is 1.55.